The van der Waals surface area contributed by atoms with Crippen LogP contribution in [0.1, 0.15) is 26.0 Å². The number of halogens is 2. The van der Waals surface area contributed by atoms with Crippen LogP contribution >= 0.6 is 11.6 Å². The second-order valence-corrected chi connectivity index (χ2v) is 5.79. The molecule has 2 N–H and O–H groups in total. The van der Waals surface area contributed by atoms with E-state index >= 15 is 0 Å². The van der Waals surface area contributed by atoms with Crippen molar-refractivity contribution in [1.29, 1.82) is 0 Å². The monoisotopic (exact) mass is 295 g/mol. The lowest BCUT2D eigenvalue weighted by molar-refractivity contribution is 0.577. The van der Waals surface area contributed by atoms with Crippen LogP contribution < -0.4 is 5.73 Å². The third-order valence-electron chi connectivity index (χ3n) is 3.32. The molecule has 2 aromatic rings. The van der Waals surface area contributed by atoms with Gasteiger partial charge in [0, 0.05) is 18.2 Å². The molecule has 0 aliphatic rings. The fraction of sp³-hybridized carbons (Fsp3) is 0.400. The van der Waals surface area contributed by atoms with Crippen molar-refractivity contribution in [3.63, 3.8) is 0 Å². The molecule has 0 spiro atoms. The molecule has 2 rings (SSSR count). The number of aromatic nitrogens is 2. The summed E-state index contributed by atoms with van der Waals surface area (Å²) in [4.78, 5) is 0. The van der Waals surface area contributed by atoms with Gasteiger partial charge in [-0.15, -0.1) is 0 Å². The van der Waals surface area contributed by atoms with Crippen LogP contribution in [0.25, 0.3) is 11.1 Å². The molecule has 1 heterocycles. The van der Waals surface area contributed by atoms with Crippen LogP contribution in [-0.2, 0) is 13.5 Å². The molecule has 5 heteroatoms. The Morgan fingerprint density at radius 1 is 1.40 bits per heavy atom. The molecule has 0 unspecified atom stereocenters. The first-order chi connectivity index (χ1) is 9.40. The van der Waals surface area contributed by atoms with Gasteiger partial charge in [-0.05, 0) is 37.0 Å². The first-order valence-corrected chi connectivity index (χ1v) is 7.04. The van der Waals surface area contributed by atoms with Crippen molar-refractivity contribution in [2.24, 2.45) is 13.0 Å². The molecule has 0 amide bonds. The SMILES string of the molecule is CC(C)CCc1nn(C)c(N)c1-c1ccc(F)cc1Cl. The second kappa shape index (κ2) is 5.83. The van der Waals surface area contributed by atoms with Crippen molar-refractivity contribution in [3.05, 3.63) is 34.7 Å². The molecule has 0 aliphatic heterocycles. The molecule has 0 saturated carbocycles. The third-order valence-corrected chi connectivity index (χ3v) is 3.64. The van der Waals surface area contributed by atoms with E-state index in [0.717, 1.165) is 29.7 Å². The van der Waals surface area contributed by atoms with Gasteiger partial charge in [-0.3, -0.25) is 4.68 Å². The standard InChI is InChI=1S/C15H19ClFN3/c1-9(2)4-7-13-14(15(18)20(3)19-13)11-6-5-10(17)8-12(11)16/h5-6,8-9H,4,7,18H2,1-3H3. The maximum Gasteiger partial charge on any atom is 0.129 e. The molecule has 0 aliphatic carbocycles. The van der Waals surface area contributed by atoms with Crippen LogP contribution in [0.2, 0.25) is 5.02 Å². The number of hydrogen-bond donors (Lipinski definition) is 1. The predicted molar refractivity (Wildman–Crippen MR) is 81.2 cm³/mol. The minimum Gasteiger partial charge on any atom is -0.383 e. The van der Waals surface area contributed by atoms with Gasteiger partial charge in [0.2, 0.25) is 0 Å². The minimum absolute atomic E-state index is 0.357. The average molecular weight is 296 g/mol. The van der Waals surface area contributed by atoms with Crippen LogP contribution in [0.5, 0.6) is 0 Å². The van der Waals surface area contributed by atoms with Crippen LogP contribution in [0.4, 0.5) is 10.2 Å². The Morgan fingerprint density at radius 3 is 2.70 bits per heavy atom. The Balaban J connectivity index is 2.48. The van der Waals surface area contributed by atoms with Gasteiger partial charge in [0.05, 0.1) is 10.7 Å². The van der Waals surface area contributed by atoms with Gasteiger partial charge in [0.1, 0.15) is 11.6 Å². The van der Waals surface area contributed by atoms with E-state index in [-0.39, 0.29) is 5.82 Å². The highest BCUT2D eigenvalue weighted by Gasteiger charge is 2.18. The average Bonchev–Trinajstić information content (AvgIpc) is 2.64. The van der Waals surface area contributed by atoms with E-state index in [2.05, 4.69) is 18.9 Å². The van der Waals surface area contributed by atoms with Crippen molar-refractivity contribution in [2.75, 3.05) is 5.73 Å². The summed E-state index contributed by atoms with van der Waals surface area (Å²) in [6, 6.07) is 4.35. The zero-order chi connectivity index (χ0) is 14.9. The normalized spacial score (nSPS) is 11.3. The van der Waals surface area contributed by atoms with Gasteiger partial charge in [0.25, 0.3) is 0 Å². The lowest BCUT2D eigenvalue weighted by Crippen LogP contribution is -1.98. The van der Waals surface area contributed by atoms with E-state index < -0.39 is 0 Å². The number of anilines is 1. The first kappa shape index (κ1) is 14.9. The molecule has 3 nitrogen and oxygen atoms in total. The number of nitrogens with zero attached hydrogens (tertiary/aromatic N) is 2. The Labute approximate surface area is 123 Å². The predicted octanol–water partition coefficient (Wildman–Crippen LogP) is 4.05. The lowest BCUT2D eigenvalue weighted by atomic mass is 9.99. The molecule has 0 fully saturated rings. The second-order valence-electron chi connectivity index (χ2n) is 5.39. The molecule has 108 valence electrons. The molecule has 20 heavy (non-hydrogen) atoms. The van der Waals surface area contributed by atoms with Crippen molar-refractivity contribution in [3.8, 4) is 11.1 Å². The Hall–Kier alpha value is -1.55. The summed E-state index contributed by atoms with van der Waals surface area (Å²) >= 11 is 6.15. The zero-order valence-corrected chi connectivity index (χ0v) is 12.7. The maximum atomic E-state index is 13.2. The van der Waals surface area contributed by atoms with Gasteiger partial charge in [-0.2, -0.15) is 5.10 Å². The van der Waals surface area contributed by atoms with Crippen molar-refractivity contribution in [1.82, 2.24) is 9.78 Å². The highest BCUT2D eigenvalue weighted by Crippen LogP contribution is 2.35. The smallest absolute Gasteiger partial charge is 0.129 e. The van der Waals surface area contributed by atoms with Crippen molar-refractivity contribution < 1.29 is 4.39 Å². The van der Waals surface area contributed by atoms with E-state index in [1.54, 1.807) is 17.8 Å². The van der Waals surface area contributed by atoms with Gasteiger partial charge in [0.15, 0.2) is 0 Å². The fourth-order valence-corrected chi connectivity index (χ4v) is 2.44. The van der Waals surface area contributed by atoms with E-state index in [1.807, 2.05) is 0 Å². The van der Waals surface area contributed by atoms with E-state index in [0.29, 0.717) is 16.8 Å². The number of rotatable bonds is 4. The summed E-state index contributed by atoms with van der Waals surface area (Å²) in [6.45, 7) is 4.33. The molecule has 0 radical (unpaired) electrons. The molecule has 0 saturated heterocycles. The van der Waals surface area contributed by atoms with Crippen LogP contribution in [0.3, 0.4) is 0 Å². The molecule has 1 aromatic carbocycles. The van der Waals surface area contributed by atoms with E-state index in [4.69, 9.17) is 17.3 Å². The number of nitrogens with two attached hydrogens (primary N) is 1. The van der Waals surface area contributed by atoms with Gasteiger partial charge < -0.3 is 5.73 Å². The first-order valence-electron chi connectivity index (χ1n) is 6.67. The van der Waals surface area contributed by atoms with Crippen LogP contribution in [0, 0.1) is 11.7 Å². The summed E-state index contributed by atoms with van der Waals surface area (Å²) < 4.78 is 14.8. The molecule has 0 atom stereocenters. The Bertz CT molecular complexity index is 620. The van der Waals surface area contributed by atoms with Crippen molar-refractivity contribution >= 4 is 17.4 Å². The summed E-state index contributed by atoms with van der Waals surface area (Å²) in [7, 11) is 1.80. The highest BCUT2D eigenvalue weighted by atomic mass is 35.5. The van der Waals surface area contributed by atoms with E-state index in [1.165, 1.54) is 12.1 Å². The molecule has 1 aromatic heterocycles. The van der Waals surface area contributed by atoms with E-state index in [9.17, 15) is 4.39 Å². The van der Waals surface area contributed by atoms with Gasteiger partial charge in [-0.1, -0.05) is 25.4 Å². The summed E-state index contributed by atoms with van der Waals surface area (Å²) in [5.41, 5.74) is 8.56. The zero-order valence-electron chi connectivity index (χ0n) is 12.0. The van der Waals surface area contributed by atoms with Crippen molar-refractivity contribution in [2.45, 2.75) is 26.7 Å². The van der Waals surface area contributed by atoms with Gasteiger partial charge >= 0.3 is 0 Å². The summed E-state index contributed by atoms with van der Waals surface area (Å²) in [5, 5.41) is 4.82. The topological polar surface area (TPSA) is 43.8 Å². The largest absolute Gasteiger partial charge is 0.383 e. The van der Waals surface area contributed by atoms with Crippen LogP contribution in [-0.4, -0.2) is 9.78 Å². The quantitative estimate of drug-likeness (QED) is 0.925. The van der Waals surface area contributed by atoms with Crippen LogP contribution in [0.15, 0.2) is 18.2 Å². The number of hydrogen-bond acceptors (Lipinski definition) is 2. The minimum atomic E-state index is -0.357. The lowest BCUT2D eigenvalue weighted by Gasteiger charge is -2.08. The molecular weight excluding hydrogens is 277 g/mol. The fourth-order valence-electron chi connectivity index (χ4n) is 2.18. The third kappa shape index (κ3) is 2.96. The number of nitrogen functional groups attached to an aromatic ring is 1. The molecular formula is C15H19ClFN3. The number of aryl methyl sites for hydroxylation is 2. The summed E-state index contributed by atoms with van der Waals surface area (Å²) in [6.07, 6.45) is 1.84. The Kier molecular flexibility index (Phi) is 4.33. The number of benzene rings is 1. The highest BCUT2D eigenvalue weighted by molar-refractivity contribution is 6.33. The Morgan fingerprint density at radius 2 is 2.10 bits per heavy atom. The van der Waals surface area contributed by atoms with Gasteiger partial charge in [-0.25, -0.2) is 4.39 Å². The maximum absolute atomic E-state index is 13.2. The molecule has 0 bridgehead atoms. The summed E-state index contributed by atoms with van der Waals surface area (Å²) in [5.74, 6) is 0.775.